The van der Waals surface area contributed by atoms with Crippen molar-refractivity contribution >= 4 is 46.0 Å². The molecule has 0 spiro atoms. The van der Waals surface area contributed by atoms with Crippen LogP contribution in [0.2, 0.25) is 0 Å². The van der Waals surface area contributed by atoms with Crippen LogP contribution in [0.25, 0.3) is 6.08 Å². The molecular weight excluding hydrogens is 549 g/mol. The molecule has 1 aliphatic heterocycles. The molecule has 202 valence electrons. The van der Waals surface area contributed by atoms with Gasteiger partial charge in [0.25, 0.3) is 5.91 Å². The van der Waals surface area contributed by atoms with E-state index in [0.29, 0.717) is 33.6 Å². The largest absolute Gasteiger partial charge is 0.503 e. The highest BCUT2D eigenvalue weighted by atomic mass is 32.2. The molecule has 0 saturated carbocycles. The number of benzene rings is 3. The van der Waals surface area contributed by atoms with Crippen LogP contribution in [0.15, 0.2) is 101 Å². The summed E-state index contributed by atoms with van der Waals surface area (Å²) in [6, 6.07) is 21.8. The Hall–Kier alpha value is -4.28. The Morgan fingerprint density at radius 2 is 1.80 bits per heavy atom. The molecule has 1 aromatic heterocycles. The summed E-state index contributed by atoms with van der Waals surface area (Å²) in [4.78, 5) is 28.1. The number of ether oxygens (including phenoxy) is 1. The predicted molar refractivity (Wildman–Crippen MR) is 154 cm³/mol. The standard InChI is InChI=1S/C30H24FN3O4S2/c1-2-38-22-15-13-20(14-16-22)26-25(24(35)17-12-19-8-4-3-5-9-19)27(36)28(37)34(26)29-32-33-30(40-29)39-18-21-10-6-7-11-23(21)31/h3-17,26,36H,2,18H2,1H3/b17-12+. The third-order valence-electron chi connectivity index (χ3n) is 6.12. The molecule has 1 N–H and O–H groups in total. The fourth-order valence-corrected chi connectivity index (χ4v) is 6.08. The van der Waals surface area contributed by atoms with Crippen LogP contribution in [0, 0.1) is 5.82 Å². The van der Waals surface area contributed by atoms with Crippen molar-refractivity contribution in [3.8, 4) is 5.75 Å². The summed E-state index contributed by atoms with van der Waals surface area (Å²) in [5.74, 6) is -1.25. The fraction of sp³-hybridized carbons (Fsp3) is 0.133. The van der Waals surface area contributed by atoms with E-state index in [1.807, 2.05) is 37.3 Å². The summed E-state index contributed by atoms with van der Waals surface area (Å²) >= 11 is 2.41. The summed E-state index contributed by atoms with van der Waals surface area (Å²) < 4.78 is 20.1. The lowest BCUT2D eigenvalue weighted by atomic mass is 9.95. The predicted octanol–water partition coefficient (Wildman–Crippen LogP) is 6.55. The Morgan fingerprint density at radius 1 is 1.07 bits per heavy atom. The van der Waals surface area contributed by atoms with Gasteiger partial charge in [-0.2, -0.15) is 0 Å². The van der Waals surface area contributed by atoms with Crippen LogP contribution >= 0.6 is 23.1 Å². The van der Waals surface area contributed by atoms with Gasteiger partial charge in [-0.15, -0.1) is 10.2 Å². The van der Waals surface area contributed by atoms with Gasteiger partial charge in [0, 0.05) is 5.75 Å². The molecular formula is C30H24FN3O4S2. The summed E-state index contributed by atoms with van der Waals surface area (Å²) in [7, 11) is 0. The molecule has 0 aliphatic carbocycles. The zero-order chi connectivity index (χ0) is 28.1. The summed E-state index contributed by atoms with van der Waals surface area (Å²) in [5, 5.41) is 19.5. The van der Waals surface area contributed by atoms with Crippen molar-refractivity contribution in [3.63, 3.8) is 0 Å². The van der Waals surface area contributed by atoms with E-state index in [-0.39, 0.29) is 16.5 Å². The van der Waals surface area contributed by atoms with E-state index in [0.717, 1.165) is 16.9 Å². The van der Waals surface area contributed by atoms with Crippen molar-refractivity contribution in [1.82, 2.24) is 10.2 Å². The van der Waals surface area contributed by atoms with Crippen LogP contribution < -0.4 is 9.64 Å². The van der Waals surface area contributed by atoms with E-state index < -0.39 is 23.5 Å². The quantitative estimate of drug-likeness (QED) is 0.131. The molecule has 1 unspecified atom stereocenters. The normalized spacial score (nSPS) is 15.3. The van der Waals surface area contributed by atoms with E-state index in [1.165, 1.54) is 28.8 Å². The molecule has 0 bridgehead atoms. The van der Waals surface area contributed by atoms with Crippen LogP contribution in [-0.2, 0) is 15.3 Å². The van der Waals surface area contributed by atoms with Gasteiger partial charge in [-0.3, -0.25) is 14.5 Å². The lowest BCUT2D eigenvalue weighted by molar-refractivity contribution is -0.117. The van der Waals surface area contributed by atoms with Gasteiger partial charge in [0.15, 0.2) is 15.9 Å². The molecule has 4 aromatic rings. The molecule has 0 fully saturated rings. The minimum Gasteiger partial charge on any atom is -0.503 e. The van der Waals surface area contributed by atoms with E-state index >= 15 is 0 Å². The monoisotopic (exact) mass is 573 g/mol. The second-order valence-corrected chi connectivity index (χ2v) is 10.9. The van der Waals surface area contributed by atoms with Crippen LogP contribution in [-0.4, -0.2) is 33.6 Å². The number of aromatic nitrogens is 2. The van der Waals surface area contributed by atoms with Gasteiger partial charge in [-0.05, 0) is 47.9 Å². The molecule has 1 aliphatic rings. The van der Waals surface area contributed by atoms with Gasteiger partial charge in [0.05, 0.1) is 18.2 Å². The number of hydrogen-bond donors (Lipinski definition) is 1. The van der Waals surface area contributed by atoms with Crippen LogP contribution in [0.3, 0.4) is 0 Å². The molecule has 7 nitrogen and oxygen atoms in total. The first-order chi connectivity index (χ1) is 19.5. The zero-order valence-corrected chi connectivity index (χ0v) is 23.0. The lowest BCUT2D eigenvalue weighted by Crippen LogP contribution is -2.30. The minimum absolute atomic E-state index is 0.0582. The molecule has 3 aromatic carbocycles. The van der Waals surface area contributed by atoms with Gasteiger partial charge in [0.2, 0.25) is 5.13 Å². The fourth-order valence-electron chi connectivity index (χ4n) is 4.22. The summed E-state index contributed by atoms with van der Waals surface area (Å²) in [6.07, 6.45) is 2.97. The van der Waals surface area contributed by atoms with Crippen molar-refractivity contribution in [2.24, 2.45) is 0 Å². The number of rotatable bonds is 10. The number of allylic oxidation sites excluding steroid dienone is 1. The summed E-state index contributed by atoms with van der Waals surface area (Å²) in [6.45, 7) is 2.36. The van der Waals surface area contributed by atoms with E-state index in [2.05, 4.69) is 10.2 Å². The average molecular weight is 574 g/mol. The number of amides is 1. The number of halogens is 1. The average Bonchev–Trinajstić information content (AvgIpc) is 3.54. The minimum atomic E-state index is -0.937. The SMILES string of the molecule is CCOc1ccc(C2C(C(=O)/C=C/c3ccccc3)=C(O)C(=O)N2c2nnc(SCc3ccccc3F)s2)cc1. The van der Waals surface area contributed by atoms with E-state index in [1.54, 1.807) is 48.5 Å². The number of hydrogen-bond acceptors (Lipinski definition) is 8. The molecule has 0 radical (unpaired) electrons. The number of carbonyl (C=O) groups is 2. The Morgan fingerprint density at radius 3 is 2.52 bits per heavy atom. The number of carbonyl (C=O) groups excluding carboxylic acids is 2. The lowest BCUT2D eigenvalue weighted by Gasteiger charge is -2.24. The maximum absolute atomic E-state index is 14.1. The van der Waals surface area contributed by atoms with Gasteiger partial charge >= 0.3 is 0 Å². The number of nitrogens with zero attached hydrogens (tertiary/aromatic N) is 3. The van der Waals surface area contributed by atoms with Crippen LogP contribution in [0.5, 0.6) is 5.75 Å². The van der Waals surface area contributed by atoms with E-state index in [9.17, 15) is 19.1 Å². The molecule has 5 rings (SSSR count). The van der Waals surface area contributed by atoms with Gasteiger partial charge in [0.1, 0.15) is 11.6 Å². The molecule has 1 atom stereocenters. The maximum atomic E-state index is 14.1. The molecule has 40 heavy (non-hydrogen) atoms. The van der Waals surface area contributed by atoms with Crippen molar-refractivity contribution in [3.05, 3.63) is 119 Å². The van der Waals surface area contributed by atoms with Crippen molar-refractivity contribution in [2.75, 3.05) is 11.5 Å². The molecule has 2 heterocycles. The van der Waals surface area contributed by atoms with Crippen molar-refractivity contribution in [1.29, 1.82) is 0 Å². The Balaban J connectivity index is 1.47. The summed E-state index contributed by atoms with van der Waals surface area (Å²) in [5.41, 5.74) is 1.85. The number of thioether (sulfide) groups is 1. The Bertz CT molecular complexity index is 1590. The maximum Gasteiger partial charge on any atom is 0.296 e. The van der Waals surface area contributed by atoms with Gasteiger partial charge in [-0.1, -0.05) is 89.8 Å². The number of anilines is 1. The number of aliphatic hydroxyl groups excluding tert-OH is 1. The van der Waals surface area contributed by atoms with E-state index in [4.69, 9.17) is 4.74 Å². The van der Waals surface area contributed by atoms with Crippen molar-refractivity contribution in [2.45, 2.75) is 23.1 Å². The topological polar surface area (TPSA) is 92.6 Å². The second-order valence-electron chi connectivity index (χ2n) is 8.68. The van der Waals surface area contributed by atoms with Gasteiger partial charge in [-0.25, -0.2) is 4.39 Å². The highest BCUT2D eigenvalue weighted by Gasteiger charge is 2.45. The Labute approximate surface area is 238 Å². The third-order valence-corrected chi connectivity index (χ3v) is 8.22. The second kappa shape index (κ2) is 12.3. The van der Waals surface area contributed by atoms with Gasteiger partial charge < -0.3 is 9.84 Å². The molecule has 0 saturated heterocycles. The number of aliphatic hydroxyl groups is 1. The molecule has 10 heteroatoms. The van der Waals surface area contributed by atoms with Crippen LogP contribution in [0.4, 0.5) is 9.52 Å². The highest BCUT2D eigenvalue weighted by molar-refractivity contribution is 8.00. The van der Waals surface area contributed by atoms with Crippen LogP contribution in [0.1, 0.15) is 29.7 Å². The first-order valence-corrected chi connectivity index (χ1v) is 14.2. The first-order valence-electron chi connectivity index (χ1n) is 12.4. The van der Waals surface area contributed by atoms with Crippen molar-refractivity contribution < 1.29 is 23.8 Å². The Kier molecular flexibility index (Phi) is 8.37. The third kappa shape index (κ3) is 5.83. The first kappa shape index (κ1) is 27.3. The smallest absolute Gasteiger partial charge is 0.296 e. The zero-order valence-electron chi connectivity index (χ0n) is 21.4. The highest BCUT2D eigenvalue weighted by Crippen LogP contribution is 2.43. The molecule has 1 amide bonds. The number of ketones is 1.